The van der Waals surface area contributed by atoms with Crippen LogP contribution in [0, 0.1) is 0 Å². The molecular formula is C15H23NO3. The average Bonchev–Trinajstić information content (AvgIpc) is 2.38. The van der Waals surface area contributed by atoms with E-state index in [0.29, 0.717) is 5.75 Å². The van der Waals surface area contributed by atoms with E-state index < -0.39 is 0 Å². The van der Waals surface area contributed by atoms with Gasteiger partial charge in [0.2, 0.25) is 0 Å². The zero-order valence-corrected chi connectivity index (χ0v) is 12.2. The normalized spacial score (nSPS) is 12.3. The third-order valence-electron chi connectivity index (χ3n) is 2.84. The second-order valence-electron chi connectivity index (χ2n) is 4.84. The minimum absolute atomic E-state index is 0.0873. The van der Waals surface area contributed by atoms with Crippen LogP contribution in [0.1, 0.15) is 51.5 Å². The van der Waals surface area contributed by atoms with Crippen molar-refractivity contribution in [2.75, 3.05) is 7.11 Å². The molecule has 1 aromatic rings. The van der Waals surface area contributed by atoms with Crippen molar-refractivity contribution in [1.29, 1.82) is 0 Å². The monoisotopic (exact) mass is 265 g/mol. The van der Waals surface area contributed by atoms with Crippen molar-refractivity contribution in [3.63, 3.8) is 0 Å². The molecule has 0 fully saturated rings. The Labute approximate surface area is 115 Å². The largest absolute Gasteiger partial charge is 0.489 e. The molecule has 0 saturated heterocycles. The summed E-state index contributed by atoms with van der Waals surface area (Å²) in [6, 6.07) is 1.88. The lowest BCUT2D eigenvalue weighted by Gasteiger charge is -2.16. The van der Waals surface area contributed by atoms with E-state index in [1.165, 1.54) is 7.11 Å². The second kappa shape index (κ2) is 7.77. The fourth-order valence-corrected chi connectivity index (χ4v) is 1.93. The summed E-state index contributed by atoms with van der Waals surface area (Å²) in [6.07, 6.45) is 6.26. The highest BCUT2D eigenvalue weighted by molar-refractivity contribution is 5.78. The highest BCUT2D eigenvalue weighted by atomic mass is 16.5. The first-order chi connectivity index (χ1) is 9.08. The number of nitrogens with zero attached hydrogens (tertiary/aromatic N) is 1. The number of hydrogen-bond donors (Lipinski definition) is 0. The molecule has 0 aromatic carbocycles. The molecule has 0 saturated carbocycles. The molecule has 0 bridgehead atoms. The lowest BCUT2D eigenvalue weighted by atomic mass is 9.95. The summed E-state index contributed by atoms with van der Waals surface area (Å²) in [5.41, 5.74) is 0.860. The Morgan fingerprint density at radius 1 is 1.37 bits per heavy atom. The molecular weight excluding hydrogens is 242 g/mol. The predicted molar refractivity (Wildman–Crippen MR) is 74.3 cm³/mol. The van der Waals surface area contributed by atoms with Crippen molar-refractivity contribution >= 4 is 5.97 Å². The van der Waals surface area contributed by atoms with Gasteiger partial charge in [0.1, 0.15) is 5.75 Å². The van der Waals surface area contributed by atoms with Crippen LogP contribution in [0.5, 0.6) is 5.75 Å². The van der Waals surface area contributed by atoms with Crippen LogP contribution in [0.4, 0.5) is 0 Å². The first kappa shape index (κ1) is 15.5. The summed E-state index contributed by atoms with van der Waals surface area (Å²) in [5, 5.41) is 0. The van der Waals surface area contributed by atoms with Crippen LogP contribution in [0.25, 0.3) is 0 Å². The Morgan fingerprint density at radius 2 is 2.11 bits per heavy atom. The van der Waals surface area contributed by atoms with Gasteiger partial charge in [-0.15, -0.1) is 0 Å². The van der Waals surface area contributed by atoms with Crippen molar-refractivity contribution in [3.8, 4) is 5.75 Å². The average molecular weight is 265 g/mol. The summed E-state index contributed by atoms with van der Waals surface area (Å²) in [4.78, 5) is 16.0. The topological polar surface area (TPSA) is 48.4 Å². The lowest BCUT2D eigenvalue weighted by Crippen LogP contribution is -2.15. The van der Waals surface area contributed by atoms with Crippen molar-refractivity contribution in [1.82, 2.24) is 4.98 Å². The molecule has 1 atom stereocenters. The number of pyridine rings is 1. The number of carbonyl (C=O) groups excluding carboxylic acids is 1. The van der Waals surface area contributed by atoms with Gasteiger partial charge in [-0.05, 0) is 31.9 Å². The van der Waals surface area contributed by atoms with Crippen LogP contribution >= 0.6 is 0 Å². The van der Waals surface area contributed by atoms with Crippen LogP contribution in [0.2, 0.25) is 0 Å². The Bertz CT molecular complexity index is 404. The van der Waals surface area contributed by atoms with Gasteiger partial charge < -0.3 is 9.47 Å². The number of carbonyl (C=O) groups is 1. The van der Waals surface area contributed by atoms with E-state index in [0.717, 1.165) is 24.8 Å². The first-order valence-corrected chi connectivity index (χ1v) is 6.77. The fraction of sp³-hybridized carbons (Fsp3) is 0.600. The van der Waals surface area contributed by atoms with Gasteiger partial charge >= 0.3 is 5.97 Å². The smallest absolute Gasteiger partial charge is 0.313 e. The number of aromatic nitrogens is 1. The highest BCUT2D eigenvalue weighted by Crippen LogP contribution is 2.26. The van der Waals surface area contributed by atoms with Gasteiger partial charge in [0.05, 0.1) is 25.3 Å². The van der Waals surface area contributed by atoms with Gasteiger partial charge in [0.25, 0.3) is 0 Å². The molecule has 19 heavy (non-hydrogen) atoms. The SMILES string of the molecule is CCCCC(C(=O)OC)c1cncc(OC(C)C)c1. The van der Waals surface area contributed by atoms with Crippen LogP contribution in [0.15, 0.2) is 18.5 Å². The Hall–Kier alpha value is -1.58. The molecule has 0 aliphatic carbocycles. The van der Waals surface area contributed by atoms with E-state index in [-0.39, 0.29) is 18.0 Å². The van der Waals surface area contributed by atoms with Crippen LogP contribution in [-0.4, -0.2) is 24.2 Å². The van der Waals surface area contributed by atoms with Gasteiger partial charge in [0.15, 0.2) is 0 Å². The number of esters is 1. The summed E-state index contributed by atoms with van der Waals surface area (Å²) in [6.45, 7) is 6.02. The summed E-state index contributed by atoms with van der Waals surface area (Å²) >= 11 is 0. The van der Waals surface area contributed by atoms with Gasteiger partial charge in [-0.25, -0.2) is 0 Å². The quantitative estimate of drug-likeness (QED) is 0.710. The number of rotatable bonds is 7. The zero-order chi connectivity index (χ0) is 14.3. The van der Waals surface area contributed by atoms with Gasteiger partial charge in [-0.3, -0.25) is 9.78 Å². The molecule has 4 nitrogen and oxygen atoms in total. The molecule has 106 valence electrons. The maximum Gasteiger partial charge on any atom is 0.313 e. The third kappa shape index (κ3) is 4.89. The minimum Gasteiger partial charge on any atom is -0.489 e. The van der Waals surface area contributed by atoms with Crippen LogP contribution in [0.3, 0.4) is 0 Å². The van der Waals surface area contributed by atoms with Crippen LogP contribution in [-0.2, 0) is 9.53 Å². The fourth-order valence-electron chi connectivity index (χ4n) is 1.93. The second-order valence-corrected chi connectivity index (χ2v) is 4.84. The van der Waals surface area contributed by atoms with Crippen molar-refractivity contribution in [2.24, 2.45) is 0 Å². The Balaban J connectivity index is 2.91. The summed E-state index contributed by atoms with van der Waals surface area (Å²) in [7, 11) is 1.42. The van der Waals surface area contributed by atoms with E-state index in [1.54, 1.807) is 12.4 Å². The predicted octanol–water partition coefficient (Wildman–Crippen LogP) is 3.32. The zero-order valence-electron chi connectivity index (χ0n) is 12.2. The van der Waals surface area contributed by atoms with E-state index in [2.05, 4.69) is 11.9 Å². The standard InChI is InChI=1S/C15H23NO3/c1-5-6-7-14(15(17)18-4)12-8-13(10-16-9-12)19-11(2)3/h8-11,14H,5-7H2,1-4H3. The molecule has 0 radical (unpaired) electrons. The van der Waals surface area contributed by atoms with Crippen molar-refractivity contribution in [2.45, 2.75) is 52.1 Å². The molecule has 0 spiro atoms. The molecule has 0 N–H and O–H groups in total. The molecule has 0 aliphatic heterocycles. The molecule has 4 heteroatoms. The summed E-state index contributed by atoms with van der Waals surface area (Å²) in [5.74, 6) is 0.225. The Morgan fingerprint density at radius 3 is 2.68 bits per heavy atom. The molecule has 1 aromatic heterocycles. The molecule has 1 unspecified atom stereocenters. The van der Waals surface area contributed by atoms with Gasteiger partial charge in [-0.2, -0.15) is 0 Å². The molecule has 1 heterocycles. The maximum atomic E-state index is 11.9. The third-order valence-corrected chi connectivity index (χ3v) is 2.84. The first-order valence-electron chi connectivity index (χ1n) is 6.77. The maximum absolute atomic E-state index is 11.9. The van der Waals surface area contributed by atoms with E-state index in [1.807, 2.05) is 19.9 Å². The highest BCUT2D eigenvalue weighted by Gasteiger charge is 2.21. The van der Waals surface area contributed by atoms with Gasteiger partial charge in [0, 0.05) is 6.20 Å². The van der Waals surface area contributed by atoms with Gasteiger partial charge in [-0.1, -0.05) is 19.8 Å². The van der Waals surface area contributed by atoms with Crippen LogP contribution < -0.4 is 4.74 Å². The lowest BCUT2D eigenvalue weighted by molar-refractivity contribution is -0.142. The van der Waals surface area contributed by atoms with E-state index >= 15 is 0 Å². The number of hydrogen-bond acceptors (Lipinski definition) is 4. The summed E-state index contributed by atoms with van der Waals surface area (Å²) < 4.78 is 10.5. The van der Waals surface area contributed by atoms with E-state index in [9.17, 15) is 4.79 Å². The molecule has 1 rings (SSSR count). The number of unbranched alkanes of at least 4 members (excludes halogenated alkanes) is 1. The van der Waals surface area contributed by atoms with E-state index in [4.69, 9.17) is 9.47 Å². The number of ether oxygens (including phenoxy) is 2. The number of methoxy groups -OCH3 is 1. The Kier molecular flexibility index (Phi) is 6.33. The minimum atomic E-state index is -0.256. The van der Waals surface area contributed by atoms with Crippen molar-refractivity contribution < 1.29 is 14.3 Å². The van der Waals surface area contributed by atoms with Crippen molar-refractivity contribution in [3.05, 3.63) is 24.0 Å². The molecule has 0 aliphatic rings. The molecule has 0 amide bonds.